The highest BCUT2D eigenvalue weighted by atomic mass is 19.3. The predicted octanol–water partition coefficient (Wildman–Crippen LogP) is 2.23. The maximum atomic E-state index is 12.0. The zero-order valence-electron chi connectivity index (χ0n) is 12.0. The van der Waals surface area contributed by atoms with Gasteiger partial charge in [0.1, 0.15) is 5.75 Å². The number of hydrogen-bond acceptors (Lipinski definition) is 3. The van der Waals surface area contributed by atoms with Crippen LogP contribution in [0.3, 0.4) is 0 Å². The maximum absolute atomic E-state index is 12.0. The number of likely N-dealkylation sites (tertiary alicyclic amines) is 1. The average Bonchev–Trinajstić information content (AvgIpc) is 2.46. The van der Waals surface area contributed by atoms with Crippen LogP contribution in [0.25, 0.3) is 0 Å². The van der Waals surface area contributed by atoms with Crippen molar-refractivity contribution in [3.8, 4) is 5.75 Å². The van der Waals surface area contributed by atoms with Crippen molar-refractivity contribution < 1.29 is 13.5 Å². The second-order valence-corrected chi connectivity index (χ2v) is 5.21. The van der Waals surface area contributed by atoms with Gasteiger partial charge in [0.15, 0.2) is 5.96 Å². The first-order valence-corrected chi connectivity index (χ1v) is 6.99. The number of ether oxygens (including phenoxy) is 1. The molecule has 116 valence electrons. The van der Waals surface area contributed by atoms with Gasteiger partial charge in [-0.1, -0.05) is 6.92 Å². The van der Waals surface area contributed by atoms with Crippen LogP contribution in [0, 0.1) is 5.92 Å². The normalized spacial score (nSPS) is 17.3. The Morgan fingerprint density at radius 3 is 2.76 bits per heavy atom. The molecule has 21 heavy (non-hydrogen) atoms. The average molecular weight is 298 g/mol. The lowest BCUT2D eigenvalue weighted by molar-refractivity contribution is -0.0500. The zero-order chi connectivity index (χ0) is 15.2. The molecule has 0 aromatic carbocycles. The van der Waals surface area contributed by atoms with Gasteiger partial charge in [-0.05, 0) is 30.9 Å². The first kappa shape index (κ1) is 15.5. The monoisotopic (exact) mass is 298 g/mol. The SMILES string of the molecule is CC1CCN(C(N)=NCc2ccc(OC(F)F)cn2)CC1. The molecular weight excluding hydrogens is 278 g/mol. The predicted molar refractivity (Wildman–Crippen MR) is 76.2 cm³/mol. The van der Waals surface area contributed by atoms with Gasteiger partial charge in [-0.3, -0.25) is 4.98 Å². The Balaban J connectivity index is 1.87. The van der Waals surface area contributed by atoms with E-state index in [2.05, 4.69) is 26.5 Å². The van der Waals surface area contributed by atoms with Crippen molar-refractivity contribution in [3.63, 3.8) is 0 Å². The molecule has 2 rings (SSSR count). The summed E-state index contributed by atoms with van der Waals surface area (Å²) in [6.45, 7) is 1.56. The molecule has 0 radical (unpaired) electrons. The Labute approximate surface area is 122 Å². The molecule has 1 saturated heterocycles. The van der Waals surface area contributed by atoms with Crippen molar-refractivity contribution >= 4 is 5.96 Å². The van der Waals surface area contributed by atoms with E-state index in [4.69, 9.17) is 5.73 Å². The highest BCUT2D eigenvalue weighted by molar-refractivity contribution is 5.78. The molecule has 2 N–H and O–H groups in total. The summed E-state index contributed by atoms with van der Waals surface area (Å²) in [6.07, 6.45) is 3.50. The zero-order valence-corrected chi connectivity index (χ0v) is 12.0. The van der Waals surface area contributed by atoms with Gasteiger partial charge >= 0.3 is 6.61 Å². The van der Waals surface area contributed by atoms with E-state index in [0.29, 0.717) is 18.2 Å². The van der Waals surface area contributed by atoms with Gasteiger partial charge in [0.2, 0.25) is 0 Å². The lowest BCUT2D eigenvalue weighted by Crippen LogP contribution is -2.42. The molecule has 1 aromatic rings. The number of rotatable bonds is 4. The lowest BCUT2D eigenvalue weighted by Gasteiger charge is -2.30. The van der Waals surface area contributed by atoms with Crippen molar-refractivity contribution in [1.82, 2.24) is 9.88 Å². The number of piperidine rings is 1. The van der Waals surface area contributed by atoms with Gasteiger partial charge in [-0.2, -0.15) is 8.78 Å². The van der Waals surface area contributed by atoms with Crippen molar-refractivity contribution in [3.05, 3.63) is 24.0 Å². The fourth-order valence-electron chi connectivity index (χ4n) is 2.18. The number of alkyl halides is 2. The largest absolute Gasteiger partial charge is 0.433 e. The number of hydrogen-bond donors (Lipinski definition) is 1. The van der Waals surface area contributed by atoms with Crippen LogP contribution < -0.4 is 10.5 Å². The fraction of sp³-hybridized carbons (Fsp3) is 0.571. The number of aromatic nitrogens is 1. The molecule has 0 atom stereocenters. The highest BCUT2D eigenvalue weighted by Gasteiger charge is 2.16. The Bertz CT molecular complexity index is 470. The van der Waals surface area contributed by atoms with Gasteiger partial charge in [-0.25, -0.2) is 4.99 Å². The van der Waals surface area contributed by atoms with Crippen molar-refractivity contribution in [1.29, 1.82) is 0 Å². The molecule has 0 spiro atoms. The number of halogens is 2. The summed E-state index contributed by atoms with van der Waals surface area (Å²) in [5.41, 5.74) is 6.62. The van der Waals surface area contributed by atoms with Gasteiger partial charge < -0.3 is 15.4 Å². The van der Waals surface area contributed by atoms with Crippen molar-refractivity contribution in [2.24, 2.45) is 16.6 Å². The third-order valence-electron chi connectivity index (χ3n) is 3.53. The Morgan fingerprint density at radius 2 is 2.19 bits per heavy atom. The molecule has 5 nitrogen and oxygen atoms in total. The molecule has 0 aliphatic carbocycles. The Morgan fingerprint density at radius 1 is 1.48 bits per heavy atom. The van der Waals surface area contributed by atoms with Crippen LogP contribution >= 0.6 is 0 Å². The molecule has 0 unspecified atom stereocenters. The first-order valence-electron chi connectivity index (χ1n) is 6.99. The number of guanidine groups is 1. The number of nitrogens with zero attached hydrogens (tertiary/aromatic N) is 3. The van der Waals surface area contributed by atoms with E-state index in [1.807, 2.05) is 0 Å². The summed E-state index contributed by atoms with van der Waals surface area (Å²) in [5.74, 6) is 1.28. The summed E-state index contributed by atoms with van der Waals surface area (Å²) >= 11 is 0. The van der Waals surface area contributed by atoms with Crippen molar-refractivity contribution in [2.45, 2.75) is 32.9 Å². The third kappa shape index (κ3) is 4.84. The van der Waals surface area contributed by atoms with E-state index in [1.165, 1.54) is 12.3 Å². The molecule has 0 amide bonds. The van der Waals surface area contributed by atoms with Gasteiger partial charge in [0.05, 0.1) is 18.4 Å². The Kier molecular flexibility index (Phi) is 5.30. The second kappa shape index (κ2) is 7.19. The second-order valence-electron chi connectivity index (χ2n) is 5.21. The van der Waals surface area contributed by atoms with E-state index in [0.717, 1.165) is 31.8 Å². The minimum Gasteiger partial charge on any atom is -0.433 e. The minimum absolute atomic E-state index is 0.0377. The summed E-state index contributed by atoms with van der Waals surface area (Å²) in [5, 5.41) is 0. The van der Waals surface area contributed by atoms with Gasteiger partial charge in [-0.15, -0.1) is 0 Å². The smallest absolute Gasteiger partial charge is 0.387 e. The molecular formula is C14H20F2N4O. The molecule has 1 fully saturated rings. The number of aliphatic imine (C=N–C) groups is 1. The van der Waals surface area contributed by atoms with Gasteiger partial charge in [0.25, 0.3) is 0 Å². The van der Waals surface area contributed by atoms with Crippen LogP contribution in [0.5, 0.6) is 5.75 Å². The molecule has 0 bridgehead atoms. The summed E-state index contributed by atoms with van der Waals surface area (Å²) in [4.78, 5) is 10.4. The van der Waals surface area contributed by atoms with Gasteiger partial charge in [0, 0.05) is 13.1 Å². The van der Waals surface area contributed by atoms with Crippen molar-refractivity contribution in [2.75, 3.05) is 13.1 Å². The van der Waals surface area contributed by atoms with Crippen LogP contribution in [0.2, 0.25) is 0 Å². The van der Waals surface area contributed by atoms with E-state index >= 15 is 0 Å². The molecule has 1 aromatic heterocycles. The van der Waals surface area contributed by atoms with Crippen LogP contribution in [0.4, 0.5) is 8.78 Å². The summed E-state index contributed by atoms with van der Waals surface area (Å²) in [7, 11) is 0. The van der Waals surface area contributed by atoms with Crippen LogP contribution in [-0.2, 0) is 6.54 Å². The summed E-state index contributed by atoms with van der Waals surface area (Å²) in [6, 6.07) is 3.05. The fourth-order valence-corrected chi connectivity index (χ4v) is 2.18. The maximum Gasteiger partial charge on any atom is 0.387 e. The quantitative estimate of drug-likeness (QED) is 0.684. The van der Waals surface area contributed by atoms with E-state index in [9.17, 15) is 8.78 Å². The van der Waals surface area contributed by atoms with E-state index in [-0.39, 0.29) is 5.75 Å². The molecule has 1 aliphatic heterocycles. The third-order valence-corrected chi connectivity index (χ3v) is 3.53. The van der Waals surface area contributed by atoms with Crippen LogP contribution in [-0.4, -0.2) is 35.5 Å². The first-order chi connectivity index (χ1) is 10.0. The lowest BCUT2D eigenvalue weighted by atomic mass is 10.00. The topological polar surface area (TPSA) is 63.7 Å². The molecule has 0 saturated carbocycles. The van der Waals surface area contributed by atoms with E-state index < -0.39 is 6.61 Å². The number of pyridine rings is 1. The highest BCUT2D eigenvalue weighted by Crippen LogP contribution is 2.16. The van der Waals surface area contributed by atoms with Crippen LogP contribution in [0.15, 0.2) is 23.3 Å². The minimum atomic E-state index is -2.84. The molecule has 1 aliphatic rings. The standard InChI is InChI=1S/C14H20F2N4O/c1-10-4-6-20(7-5-10)14(17)19-8-11-2-3-12(9-18-11)21-13(15)16/h2-3,9-10,13H,4-8H2,1H3,(H2,17,19). The van der Waals surface area contributed by atoms with E-state index in [1.54, 1.807) is 6.07 Å². The molecule has 2 heterocycles. The number of nitrogens with two attached hydrogens (primary N) is 1. The Hall–Kier alpha value is -1.92. The molecule has 7 heteroatoms. The van der Waals surface area contributed by atoms with Crippen LogP contribution in [0.1, 0.15) is 25.5 Å². The summed E-state index contributed by atoms with van der Waals surface area (Å²) < 4.78 is 28.3.